The van der Waals surface area contributed by atoms with Crippen molar-refractivity contribution in [2.75, 3.05) is 11.9 Å². The number of benzodiazepines with no additional fused rings is 1. The summed E-state index contributed by atoms with van der Waals surface area (Å²) >= 11 is 12.1. The summed E-state index contributed by atoms with van der Waals surface area (Å²) in [6, 6.07) is 21.6. The summed E-state index contributed by atoms with van der Waals surface area (Å²) in [6.07, 6.45) is -1.09. The number of aliphatic imine (C=N–C) groups is 1. The van der Waals surface area contributed by atoms with Crippen molar-refractivity contribution in [1.29, 1.82) is 0 Å². The Hall–Kier alpha value is -3.35. The molecule has 1 aliphatic rings. The van der Waals surface area contributed by atoms with Gasteiger partial charge in [0, 0.05) is 34.8 Å². The summed E-state index contributed by atoms with van der Waals surface area (Å²) in [5.74, 6) is -0.344. The minimum Gasteiger partial charge on any atom is -0.334 e. The molecule has 0 bridgehead atoms. The Morgan fingerprint density at radius 3 is 2.50 bits per heavy atom. The van der Waals surface area contributed by atoms with Gasteiger partial charge in [-0.3, -0.25) is 4.79 Å². The van der Waals surface area contributed by atoms with E-state index in [-0.39, 0.29) is 12.5 Å². The number of benzene rings is 3. The van der Waals surface area contributed by atoms with E-state index in [2.05, 4.69) is 15.6 Å². The van der Waals surface area contributed by atoms with E-state index < -0.39 is 12.2 Å². The van der Waals surface area contributed by atoms with E-state index in [4.69, 9.17) is 23.2 Å². The van der Waals surface area contributed by atoms with E-state index in [9.17, 15) is 9.59 Å². The van der Waals surface area contributed by atoms with Gasteiger partial charge < -0.3 is 15.5 Å². The van der Waals surface area contributed by atoms with E-state index in [1.54, 1.807) is 25.2 Å². The van der Waals surface area contributed by atoms with Crippen LogP contribution in [0.15, 0.2) is 77.8 Å². The third-order valence-corrected chi connectivity index (χ3v) is 5.70. The molecule has 2 N–H and O–H groups in total. The van der Waals surface area contributed by atoms with Crippen LogP contribution in [-0.4, -0.2) is 30.9 Å². The summed E-state index contributed by atoms with van der Waals surface area (Å²) in [5.41, 5.74) is 3.72. The molecule has 3 aromatic carbocycles. The maximum atomic E-state index is 13.1. The molecule has 0 fully saturated rings. The Kier molecular flexibility index (Phi) is 6.44. The van der Waals surface area contributed by atoms with Crippen LogP contribution < -0.4 is 15.5 Å². The van der Waals surface area contributed by atoms with Gasteiger partial charge in [0.25, 0.3) is 5.91 Å². The van der Waals surface area contributed by atoms with Gasteiger partial charge in [0.2, 0.25) is 6.17 Å². The quantitative estimate of drug-likeness (QED) is 0.587. The zero-order valence-corrected chi connectivity index (χ0v) is 18.7. The Morgan fingerprint density at radius 2 is 1.75 bits per heavy atom. The number of carbonyl (C=O) groups excluding carboxylic acids is 2. The van der Waals surface area contributed by atoms with Gasteiger partial charge in [0.1, 0.15) is 0 Å². The Morgan fingerprint density at radius 1 is 1.03 bits per heavy atom. The van der Waals surface area contributed by atoms with Gasteiger partial charge in [-0.2, -0.15) is 0 Å². The number of urea groups is 1. The van der Waals surface area contributed by atoms with Crippen LogP contribution in [0.1, 0.15) is 16.7 Å². The number of para-hydroxylation sites is 1. The van der Waals surface area contributed by atoms with Gasteiger partial charge in [0.15, 0.2) is 0 Å². The van der Waals surface area contributed by atoms with E-state index in [1.165, 1.54) is 4.90 Å². The highest BCUT2D eigenvalue weighted by atomic mass is 35.5. The fraction of sp³-hybridized carbons (Fsp3) is 0.125. The van der Waals surface area contributed by atoms with Crippen molar-refractivity contribution in [2.45, 2.75) is 12.7 Å². The van der Waals surface area contributed by atoms with Crippen molar-refractivity contribution in [2.24, 2.45) is 4.99 Å². The van der Waals surface area contributed by atoms with Crippen LogP contribution in [-0.2, 0) is 11.3 Å². The van der Waals surface area contributed by atoms with Crippen LogP contribution in [0.4, 0.5) is 10.5 Å². The predicted molar refractivity (Wildman–Crippen MR) is 128 cm³/mol. The molecule has 1 atom stereocenters. The fourth-order valence-electron chi connectivity index (χ4n) is 3.46. The second-order valence-corrected chi connectivity index (χ2v) is 8.07. The summed E-state index contributed by atoms with van der Waals surface area (Å²) in [5, 5.41) is 6.36. The van der Waals surface area contributed by atoms with E-state index in [1.807, 2.05) is 54.6 Å². The number of nitrogens with one attached hydrogen (secondary N) is 2. The monoisotopic (exact) mass is 466 g/mol. The maximum Gasteiger partial charge on any atom is 0.317 e. The predicted octanol–water partition coefficient (Wildman–Crippen LogP) is 4.63. The lowest BCUT2D eigenvalue weighted by atomic mass is 10.0. The molecule has 3 aromatic rings. The molecule has 0 saturated carbocycles. The molecule has 8 heteroatoms. The Labute approximate surface area is 195 Å². The number of anilines is 1. The zero-order valence-electron chi connectivity index (χ0n) is 17.2. The number of amides is 3. The third kappa shape index (κ3) is 4.61. The first-order chi connectivity index (χ1) is 15.4. The molecule has 1 unspecified atom stereocenters. The van der Waals surface area contributed by atoms with Gasteiger partial charge >= 0.3 is 6.03 Å². The van der Waals surface area contributed by atoms with Gasteiger partial charge in [-0.25, -0.2) is 9.79 Å². The molecular formula is C24H20Cl2N4O2. The summed E-state index contributed by atoms with van der Waals surface area (Å²) in [6.45, 7) is 0.175. The standard InChI is InChI=1S/C24H20Cl2N4O2/c1-30-20-10-6-5-9-18(20)21(15-7-3-2-4-8-15)28-22(23(30)31)29-24(32)27-14-16-11-12-17(25)13-19(16)26/h2-13,22H,14H2,1H3,(H2,27,29,32). The summed E-state index contributed by atoms with van der Waals surface area (Å²) < 4.78 is 0. The largest absolute Gasteiger partial charge is 0.334 e. The van der Waals surface area contributed by atoms with Crippen LogP contribution in [0.5, 0.6) is 0 Å². The molecule has 1 aliphatic heterocycles. The first-order valence-electron chi connectivity index (χ1n) is 9.92. The molecule has 4 rings (SSSR count). The average molecular weight is 467 g/mol. The first kappa shape index (κ1) is 21.9. The fourth-order valence-corrected chi connectivity index (χ4v) is 3.93. The zero-order chi connectivity index (χ0) is 22.7. The normalized spacial score (nSPS) is 15.5. The number of halogens is 2. The lowest BCUT2D eigenvalue weighted by Gasteiger charge is -2.21. The maximum absolute atomic E-state index is 13.1. The third-order valence-electron chi connectivity index (χ3n) is 5.11. The first-order valence-corrected chi connectivity index (χ1v) is 10.7. The number of fused-ring (bicyclic) bond motifs is 1. The molecule has 0 radical (unpaired) electrons. The number of nitrogens with zero attached hydrogens (tertiary/aromatic N) is 2. The smallest absolute Gasteiger partial charge is 0.317 e. The van der Waals surface area contributed by atoms with Crippen LogP contribution in [0.25, 0.3) is 0 Å². The highest BCUT2D eigenvalue weighted by molar-refractivity contribution is 6.35. The molecule has 6 nitrogen and oxygen atoms in total. The molecule has 0 aliphatic carbocycles. The minimum absolute atomic E-state index is 0.175. The Balaban J connectivity index is 1.60. The minimum atomic E-state index is -1.09. The number of carbonyl (C=O) groups is 2. The van der Waals surface area contributed by atoms with Gasteiger partial charge in [-0.15, -0.1) is 0 Å². The SMILES string of the molecule is CN1C(=O)C(NC(=O)NCc2ccc(Cl)cc2Cl)N=C(c2ccccc2)c2ccccc21. The summed E-state index contributed by atoms with van der Waals surface area (Å²) in [4.78, 5) is 31.9. The topological polar surface area (TPSA) is 73.8 Å². The van der Waals surface area contributed by atoms with Crippen molar-refractivity contribution < 1.29 is 9.59 Å². The second kappa shape index (κ2) is 9.42. The molecule has 32 heavy (non-hydrogen) atoms. The molecule has 3 amide bonds. The van der Waals surface area contributed by atoms with Crippen molar-refractivity contribution >= 4 is 46.5 Å². The number of hydrogen-bond donors (Lipinski definition) is 2. The van der Waals surface area contributed by atoms with E-state index in [0.29, 0.717) is 21.3 Å². The Bertz CT molecular complexity index is 1200. The average Bonchev–Trinajstić information content (AvgIpc) is 2.90. The lowest BCUT2D eigenvalue weighted by molar-refractivity contribution is -0.119. The van der Waals surface area contributed by atoms with Crippen LogP contribution in [0.2, 0.25) is 10.0 Å². The highest BCUT2D eigenvalue weighted by Crippen LogP contribution is 2.27. The summed E-state index contributed by atoms with van der Waals surface area (Å²) in [7, 11) is 1.67. The van der Waals surface area contributed by atoms with Crippen LogP contribution in [0, 0.1) is 0 Å². The van der Waals surface area contributed by atoms with Crippen LogP contribution >= 0.6 is 23.2 Å². The van der Waals surface area contributed by atoms with Crippen LogP contribution in [0.3, 0.4) is 0 Å². The number of hydrogen-bond acceptors (Lipinski definition) is 3. The molecule has 162 valence electrons. The molecular weight excluding hydrogens is 447 g/mol. The highest BCUT2D eigenvalue weighted by Gasteiger charge is 2.30. The van der Waals surface area contributed by atoms with E-state index >= 15 is 0 Å². The van der Waals surface area contributed by atoms with Gasteiger partial charge in [-0.1, -0.05) is 77.8 Å². The molecule has 1 heterocycles. The number of likely N-dealkylation sites (N-methyl/N-ethyl adjacent to an activating group) is 1. The van der Waals surface area contributed by atoms with Crippen molar-refractivity contribution in [3.05, 3.63) is 99.5 Å². The lowest BCUT2D eigenvalue weighted by Crippen LogP contribution is -2.49. The van der Waals surface area contributed by atoms with Crippen molar-refractivity contribution in [3.8, 4) is 0 Å². The van der Waals surface area contributed by atoms with E-state index in [0.717, 1.165) is 16.8 Å². The molecule has 0 spiro atoms. The van der Waals surface area contributed by atoms with Gasteiger partial charge in [0.05, 0.1) is 11.4 Å². The molecule has 0 saturated heterocycles. The second-order valence-electron chi connectivity index (χ2n) is 7.22. The van der Waals surface area contributed by atoms with Gasteiger partial charge in [-0.05, 0) is 23.8 Å². The number of rotatable bonds is 4. The molecule has 0 aromatic heterocycles. The van der Waals surface area contributed by atoms with Crippen molar-refractivity contribution in [3.63, 3.8) is 0 Å². The van der Waals surface area contributed by atoms with Crippen molar-refractivity contribution in [1.82, 2.24) is 10.6 Å².